The van der Waals surface area contributed by atoms with E-state index in [0.717, 1.165) is 35.7 Å². The summed E-state index contributed by atoms with van der Waals surface area (Å²) < 4.78 is 10.7. The highest BCUT2D eigenvalue weighted by atomic mass is 16.5. The van der Waals surface area contributed by atoms with E-state index in [2.05, 4.69) is 20.3 Å². The highest BCUT2D eigenvalue weighted by Gasteiger charge is 2.23. The average molecular weight is 282 g/mol. The Bertz CT molecular complexity index is 712. The molecule has 2 aromatic heterocycles. The Labute approximate surface area is 121 Å². The second-order valence-corrected chi connectivity index (χ2v) is 5.07. The first-order valence-electron chi connectivity index (χ1n) is 6.92. The minimum atomic E-state index is 0.256. The Morgan fingerprint density at radius 2 is 1.95 bits per heavy atom. The van der Waals surface area contributed by atoms with Crippen LogP contribution in [0.15, 0.2) is 41.1 Å². The summed E-state index contributed by atoms with van der Waals surface area (Å²) in [5, 5.41) is 11.0. The van der Waals surface area contributed by atoms with Crippen molar-refractivity contribution in [2.45, 2.75) is 12.3 Å². The lowest BCUT2D eigenvalue weighted by Gasteiger charge is -1.99. The molecule has 0 unspecified atom stereocenters. The van der Waals surface area contributed by atoms with Crippen LogP contribution in [0.3, 0.4) is 0 Å². The number of benzene rings is 1. The van der Waals surface area contributed by atoms with E-state index in [1.165, 1.54) is 0 Å². The zero-order valence-electron chi connectivity index (χ0n) is 11.3. The number of ether oxygens (including phenoxy) is 1. The molecular formula is C15H14N4O2. The highest BCUT2D eigenvalue weighted by Crippen LogP contribution is 2.26. The summed E-state index contributed by atoms with van der Waals surface area (Å²) in [6, 6.07) is 9.88. The number of H-pyrrole nitrogens is 1. The molecule has 0 amide bonds. The number of nitrogens with zero attached hydrogens (tertiary/aromatic N) is 3. The van der Waals surface area contributed by atoms with Crippen LogP contribution >= 0.6 is 0 Å². The van der Waals surface area contributed by atoms with Crippen molar-refractivity contribution in [3.05, 3.63) is 42.4 Å². The molecule has 1 N–H and O–H groups in total. The summed E-state index contributed by atoms with van der Waals surface area (Å²) in [6.45, 7) is 1.45. The summed E-state index contributed by atoms with van der Waals surface area (Å²) >= 11 is 0. The third kappa shape index (κ3) is 2.34. The molecule has 4 rings (SSSR count). The summed E-state index contributed by atoms with van der Waals surface area (Å²) in [5.74, 6) is 1.54. The Morgan fingerprint density at radius 1 is 1.10 bits per heavy atom. The van der Waals surface area contributed by atoms with Gasteiger partial charge in [0, 0.05) is 24.3 Å². The topological polar surface area (TPSA) is 76.8 Å². The SMILES string of the molecule is c1cc(-c2ccc(-c3nc([C@H]4CCOC4)no3)cc2)[nH]n1. The third-order valence-corrected chi connectivity index (χ3v) is 3.68. The maximum absolute atomic E-state index is 5.36. The molecule has 6 heteroatoms. The van der Waals surface area contributed by atoms with Gasteiger partial charge in [0.05, 0.1) is 12.3 Å². The number of rotatable bonds is 3. The number of aromatic nitrogens is 4. The molecule has 6 nitrogen and oxygen atoms in total. The van der Waals surface area contributed by atoms with E-state index in [0.29, 0.717) is 12.5 Å². The lowest BCUT2D eigenvalue weighted by atomic mass is 10.1. The Morgan fingerprint density at radius 3 is 2.67 bits per heavy atom. The van der Waals surface area contributed by atoms with E-state index in [-0.39, 0.29) is 5.92 Å². The summed E-state index contributed by atoms with van der Waals surface area (Å²) in [7, 11) is 0. The third-order valence-electron chi connectivity index (χ3n) is 3.68. The van der Waals surface area contributed by atoms with E-state index in [4.69, 9.17) is 9.26 Å². The second kappa shape index (κ2) is 5.14. The van der Waals surface area contributed by atoms with Crippen LogP contribution in [0.4, 0.5) is 0 Å². The minimum Gasteiger partial charge on any atom is -0.381 e. The van der Waals surface area contributed by atoms with Crippen molar-refractivity contribution < 1.29 is 9.26 Å². The maximum Gasteiger partial charge on any atom is 0.257 e. The van der Waals surface area contributed by atoms with Crippen LogP contribution < -0.4 is 0 Å². The molecule has 3 aromatic rings. The zero-order chi connectivity index (χ0) is 14.1. The molecule has 3 heterocycles. The first-order chi connectivity index (χ1) is 10.4. The van der Waals surface area contributed by atoms with Gasteiger partial charge in [0.15, 0.2) is 5.82 Å². The monoisotopic (exact) mass is 282 g/mol. The molecule has 0 spiro atoms. The van der Waals surface area contributed by atoms with E-state index < -0.39 is 0 Å². The van der Waals surface area contributed by atoms with Gasteiger partial charge in [0.1, 0.15) is 0 Å². The van der Waals surface area contributed by atoms with Gasteiger partial charge in [-0.15, -0.1) is 0 Å². The Kier molecular flexibility index (Phi) is 3.01. The van der Waals surface area contributed by atoms with Crippen molar-refractivity contribution in [1.29, 1.82) is 0 Å². The number of hydrogen-bond donors (Lipinski definition) is 1. The van der Waals surface area contributed by atoms with Crippen LogP contribution in [0.1, 0.15) is 18.2 Å². The Balaban J connectivity index is 1.58. The fourth-order valence-corrected chi connectivity index (χ4v) is 2.47. The number of nitrogens with one attached hydrogen (secondary N) is 1. The predicted octanol–water partition coefficient (Wildman–Crippen LogP) is 2.63. The van der Waals surface area contributed by atoms with E-state index in [1.54, 1.807) is 6.20 Å². The van der Waals surface area contributed by atoms with Gasteiger partial charge in [-0.05, 0) is 30.2 Å². The van der Waals surface area contributed by atoms with Crippen LogP contribution in [0.5, 0.6) is 0 Å². The van der Waals surface area contributed by atoms with Crippen molar-refractivity contribution >= 4 is 0 Å². The summed E-state index contributed by atoms with van der Waals surface area (Å²) in [4.78, 5) is 4.48. The fourth-order valence-electron chi connectivity index (χ4n) is 2.47. The van der Waals surface area contributed by atoms with E-state index >= 15 is 0 Å². The van der Waals surface area contributed by atoms with Crippen molar-refractivity contribution in [2.75, 3.05) is 13.2 Å². The van der Waals surface area contributed by atoms with Crippen LogP contribution in [-0.4, -0.2) is 33.6 Å². The lowest BCUT2D eigenvalue weighted by Crippen LogP contribution is -1.99. The molecule has 106 valence electrons. The van der Waals surface area contributed by atoms with Gasteiger partial charge in [-0.3, -0.25) is 5.10 Å². The first kappa shape index (κ1) is 12.3. The van der Waals surface area contributed by atoms with Gasteiger partial charge < -0.3 is 9.26 Å². The smallest absolute Gasteiger partial charge is 0.257 e. The quantitative estimate of drug-likeness (QED) is 0.799. The van der Waals surface area contributed by atoms with Crippen LogP contribution in [0.2, 0.25) is 0 Å². The van der Waals surface area contributed by atoms with Gasteiger partial charge in [-0.2, -0.15) is 10.1 Å². The largest absolute Gasteiger partial charge is 0.381 e. The van der Waals surface area contributed by atoms with Crippen LogP contribution in [0.25, 0.3) is 22.7 Å². The normalized spacial score (nSPS) is 18.2. The molecule has 1 aromatic carbocycles. The van der Waals surface area contributed by atoms with Crippen molar-refractivity contribution in [3.8, 4) is 22.7 Å². The minimum absolute atomic E-state index is 0.256. The van der Waals surface area contributed by atoms with E-state index in [9.17, 15) is 0 Å². The van der Waals surface area contributed by atoms with Crippen molar-refractivity contribution in [1.82, 2.24) is 20.3 Å². The van der Waals surface area contributed by atoms with Crippen LogP contribution in [-0.2, 0) is 4.74 Å². The number of aromatic amines is 1. The molecule has 0 bridgehead atoms. The Hall–Kier alpha value is -2.47. The molecule has 1 aliphatic heterocycles. The molecule has 1 saturated heterocycles. The van der Waals surface area contributed by atoms with Gasteiger partial charge in [0.2, 0.25) is 0 Å². The summed E-state index contributed by atoms with van der Waals surface area (Å²) in [5.41, 5.74) is 2.96. The van der Waals surface area contributed by atoms with Crippen LogP contribution in [0, 0.1) is 0 Å². The van der Waals surface area contributed by atoms with Gasteiger partial charge in [-0.25, -0.2) is 0 Å². The molecule has 1 fully saturated rings. The van der Waals surface area contributed by atoms with Gasteiger partial charge in [-0.1, -0.05) is 17.3 Å². The first-order valence-corrected chi connectivity index (χ1v) is 6.92. The molecule has 0 aliphatic carbocycles. The molecule has 21 heavy (non-hydrogen) atoms. The zero-order valence-corrected chi connectivity index (χ0v) is 11.3. The van der Waals surface area contributed by atoms with Crippen molar-refractivity contribution in [3.63, 3.8) is 0 Å². The molecular weight excluding hydrogens is 268 g/mol. The second-order valence-electron chi connectivity index (χ2n) is 5.07. The van der Waals surface area contributed by atoms with E-state index in [1.807, 2.05) is 30.3 Å². The highest BCUT2D eigenvalue weighted by molar-refractivity contribution is 5.64. The maximum atomic E-state index is 5.36. The lowest BCUT2D eigenvalue weighted by molar-refractivity contribution is 0.192. The van der Waals surface area contributed by atoms with Crippen molar-refractivity contribution in [2.24, 2.45) is 0 Å². The number of hydrogen-bond acceptors (Lipinski definition) is 5. The summed E-state index contributed by atoms with van der Waals surface area (Å²) in [6.07, 6.45) is 2.69. The predicted molar refractivity (Wildman–Crippen MR) is 75.5 cm³/mol. The molecule has 1 atom stereocenters. The van der Waals surface area contributed by atoms with Gasteiger partial charge in [0.25, 0.3) is 5.89 Å². The standard InChI is InChI=1S/C15H14N4O2/c1-3-11(4-2-10(1)13-5-7-16-18-13)15-17-14(19-21-15)12-6-8-20-9-12/h1-5,7,12H,6,8-9H2,(H,16,18)/t12-/m0/s1. The average Bonchev–Trinajstić information content (AvgIpc) is 3.27. The molecule has 0 saturated carbocycles. The molecule has 1 aliphatic rings. The van der Waals surface area contributed by atoms with Gasteiger partial charge >= 0.3 is 0 Å². The molecule has 0 radical (unpaired) electrons. The fraction of sp³-hybridized carbons (Fsp3) is 0.267.